The van der Waals surface area contributed by atoms with Gasteiger partial charge in [0.2, 0.25) is 0 Å². The van der Waals surface area contributed by atoms with Gasteiger partial charge in [-0.1, -0.05) is 115 Å². The topological polar surface area (TPSA) is 30.7 Å². The Morgan fingerprint density at radius 2 is 1.20 bits per heavy atom. The van der Waals surface area contributed by atoms with Crippen molar-refractivity contribution in [3.8, 4) is 5.82 Å². The predicted octanol–water partition coefficient (Wildman–Crippen LogP) is 12.7. The molecule has 0 fully saturated rings. The maximum absolute atomic E-state index is 5.59. The van der Waals surface area contributed by atoms with Crippen molar-refractivity contribution < 1.29 is 0 Å². The van der Waals surface area contributed by atoms with Gasteiger partial charge in [0.15, 0.2) is 11.6 Å². The highest BCUT2D eigenvalue weighted by atomic mass is 32.1. The largest absolute Gasteiger partial charge is 0.292 e. The summed E-state index contributed by atoms with van der Waals surface area (Å²) in [5.74, 6) is 1.72. The van der Waals surface area contributed by atoms with Gasteiger partial charge in [-0.15, -0.1) is 22.7 Å². The molecule has 1 aliphatic carbocycles. The molecule has 230 valence electrons. The first-order valence-corrected chi connectivity index (χ1v) is 18.4. The lowest BCUT2D eigenvalue weighted by molar-refractivity contribution is 1.03. The van der Waals surface area contributed by atoms with E-state index in [0.717, 1.165) is 45.8 Å². The zero-order valence-corrected chi connectivity index (χ0v) is 28.0. The van der Waals surface area contributed by atoms with E-state index in [4.69, 9.17) is 9.97 Å². The Balaban J connectivity index is 1.32. The fraction of sp³-hybridized carbons (Fsp3) is 0.0455. The second-order valence-electron chi connectivity index (χ2n) is 12.8. The van der Waals surface area contributed by atoms with E-state index < -0.39 is 0 Å². The Morgan fingerprint density at radius 1 is 0.551 bits per heavy atom. The zero-order valence-electron chi connectivity index (χ0n) is 26.4. The zero-order chi connectivity index (χ0) is 32.1. The maximum Gasteiger partial charge on any atom is 0.161 e. The molecule has 0 atom stereocenters. The van der Waals surface area contributed by atoms with Crippen molar-refractivity contribution in [3.05, 3.63) is 151 Å². The molecule has 0 amide bonds. The lowest BCUT2D eigenvalue weighted by Crippen LogP contribution is -2.04. The fourth-order valence-corrected chi connectivity index (χ4v) is 10.3. The molecule has 0 bridgehead atoms. The number of aromatic nitrogens is 3. The van der Waals surface area contributed by atoms with Gasteiger partial charge in [-0.3, -0.25) is 4.57 Å². The molecule has 0 saturated heterocycles. The predicted molar refractivity (Wildman–Crippen MR) is 211 cm³/mol. The van der Waals surface area contributed by atoms with Crippen molar-refractivity contribution in [1.29, 1.82) is 0 Å². The third-order valence-electron chi connectivity index (χ3n) is 10.1. The summed E-state index contributed by atoms with van der Waals surface area (Å²) in [5, 5.41) is 8.85. The second kappa shape index (κ2) is 10.4. The van der Waals surface area contributed by atoms with Crippen molar-refractivity contribution in [3.63, 3.8) is 0 Å². The molecule has 11 rings (SSSR count). The van der Waals surface area contributed by atoms with Crippen LogP contribution in [0.3, 0.4) is 0 Å². The van der Waals surface area contributed by atoms with Gasteiger partial charge >= 0.3 is 0 Å². The molecular weight excluding hydrogens is 635 g/mol. The summed E-state index contributed by atoms with van der Waals surface area (Å²) < 4.78 is 7.42. The number of allylic oxidation sites excluding steroid dienone is 4. The van der Waals surface area contributed by atoms with Crippen LogP contribution in [0.25, 0.3) is 90.0 Å². The number of hydrogen-bond acceptors (Lipinski definition) is 4. The quantitative estimate of drug-likeness (QED) is 0.189. The summed E-state index contributed by atoms with van der Waals surface area (Å²) in [6.45, 7) is 0. The molecule has 0 aliphatic heterocycles. The number of rotatable bonds is 3. The first-order chi connectivity index (χ1) is 24.3. The SMILES string of the molecule is C1=C(c2ccccc2)CCC=C1c1nc(-n2c3ccccc3c3c4ccccc4c4sc5ccccc5c4c32)c2sc3ccccc3c2n1. The van der Waals surface area contributed by atoms with Crippen LogP contribution in [-0.4, -0.2) is 14.5 Å². The smallest absolute Gasteiger partial charge is 0.161 e. The lowest BCUT2D eigenvalue weighted by atomic mass is 9.93. The normalized spacial score (nSPS) is 13.8. The summed E-state index contributed by atoms with van der Waals surface area (Å²) in [6.07, 6.45) is 6.59. The lowest BCUT2D eigenvalue weighted by Gasteiger charge is -2.16. The number of thiophene rings is 2. The van der Waals surface area contributed by atoms with E-state index in [0.29, 0.717) is 0 Å². The van der Waals surface area contributed by atoms with Crippen LogP contribution in [0.2, 0.25) is 0 Å². The Bertz CT molecular complexity index is 3050. The van der Waals surface area contributed by atoms with E-state index in [9.17, 15) is 0 Å². The highest BCUT2D eigenvalue weighted by Crippen LogP contribution is 2.49. The number of para-hydroxylation sites is 1. The Hall–Kier alpha value is -5.62. The van der Waals surface area contributed by atoms with Gasteiger partial charge in [-0.2, -0.15) is 0 Å². The molecule has 1 aliphatic rings. The van der Waals surface area contributed by atoms with E-state index in [-0.39, 0.29) is 0 Å². The maximum atomic E-state index is 5.59. The van der Waals surface area contributed by atoms with Crippen LogP contribution in [0.4, 0.5) is 0 Å². The third kappa shape index (κ3) is 3.94. The molecular formula is C44H27N3S2. The minimum atomic E-state index is 0.775. The average Bonchev–Trinajstić information content (AvgIpc) is 3.85. The van der Waals surface area contributed by atoms with E-state index in [1.165, 1.54) is 68.5 Å². The van der Waals surface area contributed by atoms with Gasteiger partial charge in [0.05, 0.1) is 21.3 Å². The van der Waals surface area contributed by atoms with Crippen molar-refractivity contribution >= 4 is 107 Å². The molecule has 6 aromatic carbocycles. The monoisotopic (exact) mass is 661 g/mol. The summed E-state index contributed by atoms with van der Waals surface area (Å²) in [5.41, 5.74) is 7.06. The number of benzene rings is 6. The molecule has 0 radical (unpaired) electrons. The Morgan fingerprint density at radius 3 is 2.04 bits per heavy atom. The average molecular weight is 662 g/mol. The number of nitrogens with zero attached hydrogens (tertiary/aromatic N) is 3. The van der Waals surface area contributed by atoms with Crippen LogP contribution in [0.5, 0.6) is 0 Å². The molecule has 10 aromatic rings. The van der Waals surface area contributed by atoms with E-state index in [1.807, 2.05) is 11.3 Å². The van der Waals surface area contributed by atoms with Gasteiger partial charge in [0.25, 0.3) is 0 Å². The Labute approximate surface area is 289 Å². The number of fused-ring (bicyclic) bond motifs is 13. The van der Waals surface area contributed by atoms with E-state index >= 15 is 0 Å². The summed E-state index contributed by atoms with van der Waals surface area (Å²) in [4.78, 5) is 11.0. The van der Waals surface area contributed by atoms with Gasteiger partial charge in [-0.05, 0) is 53.6 Å². The summed E-state index contributed by atoms with van der Waals surface area (Å²) in [7, 11) is 0. The van der Waals surface area contributed by atoms with Crippen LogP contribution in [-0.2, 0) is 0 Å². The molecule has 0 saturated carbocycles. The molecule has 0 unspecified atom stereocenters. The molecule has 49 heavy (non-hydrogen) atoms. The molecule has 0 N–H and O–H groups in total. The highest BCUT2D eigenvalue weighted by molar-refractivity contribution is 7.27. The number of hydrogen-bond donors (Lipinski definition) is 0. The molecule has 3 nitrogen and oxygen atoms in total. The minimum absolute atomic E-state index is 0.775. The summed E-state index contributed by atoms with van der Waals surface area (Å²) >= 11 is 3.68. The van der Waals surface area contributed by atoms with Crippen LogP contribution >= 0.6 is 22.7 Å². The van der Waals surface area contributed by atoms with E-state index in [2.05, 4.69) is 144 Å². The van der Waals surface area contributed by atoms with Gasteiger partial charge < -0.3 is 0 Å². The molecule has 5 heteroatoms. The van der Waals surface area contributed by atoms with Crippen molar-refractivity contribution in [2.24, 2.45) is 0 Å². The molecule has 0 spiro atoms. The van der Waals surface area contributed by atoms with E-state index in [1.54, 1.807) is 11.3 Å². The Kier molecular flexibility index (Phi) is 5.82. The van der Waals surface area contributed by atoms with Crippen molar-refractivity contribution in [1.82, 2.24) is 14.5 Å². The van der Waals surface area contributed by atoms with Crippen LogP contribution in [0.1, 0.15) is 24.2 Å². The van der Waals surface area contributed by atoms with Crippen molar-refractivity contribution in [2.75, 3.05) is 0 Å². The molecule has 4 aromatic heterocycles. The highest BCUT2D eigenvalue weighted by Gasteiger charge is 2.25. The van der Waals surface area contributed by atoms with Crippen LogP contribution in [0, 0.1) is 0 Å². The third-order valence-corrected chi connectivity index (χ3v) is 12.4. The van der Waals surface area contributed by atoms with Gasteiger partial charge in [0.1, 0.15) is 0 Å². The molecule has 4 heterocycles. The minimum Gasteiger partial charge on any atom is -0.292 e. The fourth-order valence-electron chi connectivity index (χ4n) is 7.93. The van der Waals surface area contributed by atoms with Crippen molar-refractivity contribution in [2.45, 2.75) is 12.8 Å². The first kappa shape index (κ1) is 27.3. The summed E-state index contributed by atoms with van der Waals surface area (Å²) in [6, 6.07) is 46.0. The van der Waals surface area contributed by atoms with Gasteiger partial charge in [0, 0.05) is 52.0 Å². The van der Waals surface area contributed by atoms with Gasteiger partial charge in [-0.25, -0.2) is 9.97 Å². The van der Waals surface area contributed by atoms with Crippen LogP contribution < -0.4 is 0 Å². The first-order valence-electron chi connectivity index (χ1n) is 16.7. The van der Waals surface area contributed by atoms with Crippen LogP contribution in [0.15, 0.2) is 140 Å². The standard InChI is InChI=1S/C44H27N3S2/c1-2-13-26(14-3-1)27-15-12-16-28(25-27)43-45-39-33-21-8-11-24-36(33)49-42(39)44(46-43)47-34-22-9-6-19-31(34)37-29-17-4-5-18-30(29)41-38(40(37)47)32-20-7-10-23-35(32)48-41/h1-11,13-14,16-25H,12,15H2. The second-order valence-corrected chi connectivity index (χ2v) is 14.9.